The Bertz CT molecular complexity index is 814. The number of carbonyl (C=O) groups excluding carboxylic acids is 2. The lowest BCUT2D eigenvalue weighted by Gasteiger charge is -2.32. The Morgan fingerprint density at radius 3 is 2.83 bits per heavy atom. The zero-order valence-corrected chi connectivity index (χ0v) is 12.9. The zero-order valence-electron chi connectivity index (χ0n) is 12.9. The lowest BCUT2D eigenvalue weighted by atomic mass is 10.2. The predicted molar refractivity (Wildman–Crippen MR) is 84.9 cm³/mol. The minimum absolute atomic E-state index is 0.0636. The van der Waals surface area contributed by atoms with Crippen LogP contribution in [0.4, 0.5) is 0 Å². The molecule has 0 radical (unpaired) electrons. The number of amides is 2. The molecule has 1 aliphatic heterocycles. The molecule has 1 aliphatic rings. The average Bonchev–Trinajstić information content (AvgIpc) is 2.55. The minimum atomic E-state index is -0.272. The fraction of sp³-hybridized carbons (Fsp3) is 0.375. The van der Waals surface area contributed by atoms with Gasteiger partial charge in [0.1, 0.15) is 5.69 Å². The molecule has 1 fully saturated rings. The number of aromatic nitrogens is 2. The van der Waals surface area contributed by atoms with Gasteiger partial charge in [-0.2, -0.15) is 0 Å². The average molecular weight is 314 g/mol. The number of likely N-dealkylation sites (N-methyl/N-ethyl adjacent to an activating group) is 1. The van der Waals surface area contributed by atoms with Crippen LogP contribution in [0.3, 0.4) is 0 Å². The van der Waals surface area contributed by atoms with Gasteiger partial charge in [0.15, 0.2) is 0 Å². The Kier molecular flexibility index (Phi) is 4.10. The maximum atomic E-state index is 12.2. The van der Waals surface area contributed by atoms with Crippen molar-refractivity contribution in [3.63, 3.8) is 0 Å². The lowest BCUT2D eigenvalue weighted by Crippen LogP contribution is -2.50. The highest BCUT2D eigenvalue weighted by molar-refractivity contribution is 5.86. The summed E-state index contributed by atoms with van der Waals surface area (Å²) < 4.78 is 0. The molecule has 2 heterocycles. The van der Waals surface area contributed by atoms with Crippen LogP contribution in [-0.4, -0.2) is 58.3 Å². The summed E-state index contributed by atoms with van der Waals surface area (Å²) >= 11 is 0. The van der Waals surface area contributed by atoms with Gasteiger partial charge in [-0.1, -0.05) is 12.1 Å². The van der Waals surface area contributed by atoms with Crippen LogP contribution in [-0.2, 0) is 16.0 Å². The molecule has 0 aliphatic carbocycles. The van der Waals surface area contributed by atoms with Gasteiger partial charge < -0.3 is 14.8 Å². The van der Waals surface area contributed by atoms with E-state index >= 15 is 0 Å². The first kappa shape index (κ1) is 15.2. The van der Waals surface area contributed by atoms with Crippen LogP contribution in [0.1, 0.15) is 12.1 Å². The number of H-pyrrole nitrogens is 1. The zero-order chi connectivity index (χ0) is 16.4. The highest BCUT2D eigenvalue weighted by Gasteiger charge is 2.24. The third-order valence-corrected chi connectivity index (χ3v) is 4.06. The van der Waals surface area contributed by atoms with Crippen molar-refractivity contribution in [3.05, 3.63) is 40.3 Å². The number of fused-ring (bicyclic) bond motifs is 1. The van der Waals surface area contributed by atoms with E-state index in [2.05, 4.69) is 9.97 Å². The summed E-state index contributed by atoms with van der Waals surface area (Å²) in [5, 5.41) is 0. The monoisotopic (exact) mass is 314 g/mol. The first-order valence-electron chi connectivity index (χ1n) is 7.54. The van der Waals surface area contributed by atoms with Gasteiger partial charge in [0, 0.05) is 33.0 Å². The SMILES string of the molecule is CN1CCN(C(=O)CCc2nc3ccccc3[nH]c2=O)CC1=O. The molecule has 120 valence electrons. The van der Waals surface area contributed by atoms with Crippen LogP contribution in [0.2, 0.25) is 0 Å². The number of aromatic amines is 1. The molecule has 0 saturated carbocycles. The van der Waals surface area contributed by atoms with Gasteiger partial charge >= 0.3 is 0 Å². The molecule has 23 heavy (non-hydrogen) atoms. The van der Waals surface area contributed by atoms with E-state index in [1.165, 1.54) is 4.90 Å². The van der Waals surface area contributed by atoms with Crippen molar-refractivity contribution in [2.75, 3.05) is 26.7 Å². The molecule has 0 bridgehead atoms. The van der Waals surface area contributed by atoms with Crippen molar-refractivity contribution in [1.82, 2.24) is 19.8 Å². The number of aryl methyl sites for hydroxylation is 1. The molecule has 3 rings (SSSR count). The van der Waals surface area contributed by atoms with Crippen LogP contribution >= 0.6 is 0 Å². The van der Waals surface area contributed by atoms with Gasteiger partial charge in [-0.15, -0.1) is 0 Å². The molecule has 2 aromatic rings. The van der Waals surface area contributed by atoms with Crippen molar-refractivity contribution in [2.24, 2.45) is 0 Å². The number of piperazine rings is 1. The summed E-state index contributed by atoms with van der Waals surface area (Å²) in [6.45, 7) is 1.18. The number of nitrogens with one attached hydrogen (secondary N) is 1. The molecule has 1 saturated heterocycles. The second-order valence-corrected chi connectivity index (χ2v) is 5.66. The quantitative estimate of drug-likeness (QED) is 0.874. The Morgan fingerprint density at radius 2 is 2.04 bits per heavy atom. The smallest absolute Gasteiger partial charge is 0.270 e. The Morgan fingerprint density at radius 1 is 1.26 bits per heavy atom. The normalized spacial score (nSPS) is 15.3. The third-order valence-electron chi connectivity index (χ3n) is 4.06. The molecule has 0 spiro atoms. The largest absolute Gasteiger partial charge is 0.342 e. The fourth-order valence-electron chi connectivity index (χ4n) is 2.59. The summed E-state index contributed by atoms with van der Waals surface area (Å²) in [6, 6.07) is 7.27. The first-order chi connectivity index (χ1) is 11.0. The fourth-order valence-corrected chi connectivity index (χ4v) is 2.59. The van der Waals surface area contributed by atoms with Crippen molar-refractivity contribution in [1.29, 1.82) is 0 Å². The van der Waals surface area contributed by atoms with Crippen LogP contribution < -0.4 is 5.56 Å². The van der Waals surface area contributed by atoms with Gasteiger partial charge in [-0.25, -0.2) is 4.98 Å². The number of para-hydroxylation sites is 2. The van der Waals surface area contributed by atoms with Gasteiger partial charge in [-0.05, 0) is 12.1 Å². The van der Waals surface area contributed by atoms with E-state index in [4.69, 9.17) is 0 Å². The van der Waals surface area contributed by atoms with Gasteiger partial charge in [-0.3, -0.25) is 14.4 Å². The number of rotatable bonds is 3. The Labute approximate surface area is 132 Å². The van der Waals surface area contributed by atoms with Crippen molar-refractivity contribution >= 4 is 22.8 Å². The minimum Gasteiger partial charge on any atom is -0.342 e. The van der Waals surface area contributed by atoms with Crippen LogP contribution in [0, 0.1) is 0 Å². The molecule has 1 aromatic carbocycles. The maximum Gasteiger partial charge on any atom is 0.270 e. The van der Waals surface area contributed by atoms with E-state index < -0.39 is 0 Å². The molecule has 0 unspecified atom stereocenters. The summed E-state index contributed by atoms with van der Waals surface area (Å²) in [6.07, 6.45) is 0.435. The van der Waals surface area contributed by atoms with E-state index in [9.17, 15) is 14.4 Å². The van der Waals surface area contributed by atoms with E-state index in [1.807, 2.05) is 18.2 Å². The molecular weight excluding hydrogens is 296 g/mol. The topological polar surface area (TPSA) is 86.4 Å². The summed E-state index contributed by atoms with van der Waals surface area (Å²) in [7, 11) is 1.72. The Hall–Kier alpha value is -2.70. The molecule has 1 aromatic heterocycles. The molecule has 7 nitrogen and oxygen atoms in total. The summed E-state index contributed by atoms with van der Waals surface area (Å²) in [5.41, 5.74) is 1.45. The summed E-state index contributed by atoms with van der Waals surface area (Å²) in [4.78, 5) is 46.1. The Balaban J connectivity index is 1.68. The van der Waals surface area contributed by atoms with E-state index in [1.54, 1.807) is 18.0 Å². The molecule has 1 N–H and O–H groups in total. The van der Waals surface area contributed by atoms with Crippen molar-refractivity contribution in [2.45, 2.75) is 12.8 Å². The first-order valence-corrected chi connectivity index (χ1v) is 7.54. The molecular formula is C16H18N4O3. The number of nitrogens with zero attached hydrogens (tertiary/aromatic N) is 3. The third kappa shape index (κ3) is 3.23. The van der Waals surface area contributed by atoms with E-state index in [0.717, 1.165) is 0 Å². The number of benzene rings is 1. The predicted octanol–water partition coefficient (Wildman–Crippen LogP) is 0.156. The van der Waals surface area contributed by atoms with Crippen LogP contribution in [0.15, 0.2) is 29.1 Å². The standard InChI is InChI=1S/C16H18N4O3/c1-19-8-9-20(10-15(19)22)14(21)7-6-13-16(23)18-12-5-3-2-4-11(12)17-13/h2-5H,6-10H2,1H3,(H,18,23). The number of hydrogen-bond donors (Lipinski definition) is 1. The van der Waals surface area contributed by atoms with Crippen LogP contribution in [0.25, 0.3) is 11.0 Å². The highest BCUT2D eigenvalue weighted by atomic mass is 16.2. The van der Waals surface area contributed by atoms with Crippen LogP contribution in [0.5, 0.6) is 0 Å². The van der Waals surface area contributed by atoms with Gasteiger partial charge in [0.25, 0.3) is 5.56 Å². The summed E-state index contributed by atoms with van der Waals surface area (Å²) in [5.74, 6) is -0.188. The van der Waals surface area contributed by atoms with E-state index in [0.29, 0.717) is 29.8 Å². The lowest BCUT2D eigenvalue weighted by molar-refractivity contribution is -0.144. The number of hydrogen-bond acceptors (Lipinski definition) is 4. The van der Waals surface area contributed by atoms with Gasteiger partial charge in [0.05, 0.1) is 17.6 Å². The van der Waals surface area contributed by atoms with Crippen molar-refractivity contribution < 1.29 is 9.59 Å². The van der Waals surface area contributed by atoms with Gasteiger partial charge in [0.2, 0.25) is 11.8 Å². The van der Waals surface area contributed by atoms with Crippen molar-refractivity contribution in [3.8, 4) is 0 Å². The molecule has 7 heteroatoms. The molecule has 0 atom stereocenters. The number of carbonyl (C=O) groups is 2. The van der Waals surface area contributed by atoms with E-state index in [-0.39, 0.29) is 36.8 Å². The maximum absolute atomic E-state index is 12.2. The molecule has 2 amide bonds. The second-order valence-electron chi connectivity index (χ2n) is 5.66. The highest BCUT2D eigenvalue weighted by Crippen LogP contribution is 2.08. The second kappa shape index (κ2) is 6.20.